The minimum absolute atomic E-state index is 0. The molecule has 3 heteroatoms. The van der Waals surface area contributed by atoms with Crippen molar-refractivity contribution in [1.82, 2.24) is 0 Å². The third kappa shape index (κ3) is 7.71. The van der Waals surface area contributed by atoms with E-state index >= 15 is 0 Å². The van der Waals surface area contributed by atoms with E-state index in [0.29, 0.717) is 13.5 Å². The van der Waals surface area contributed by atoms with Crippen LogP contribution < -0.4 is 0 Å². The minimum atomic E-state index is 0. The van der Waals surface area contributed by atoms with E-state index in [9.17, 15) is 4.79 Å². The third-order valence-corrected chi connectivity index (χ3v) is 10.9. The fourth-order valence-electron chi connectivity index (χ4n) is 5.51. The van der Waals surface area contributed by atoms with E-state index in [1.54, 1.807) is 101 Å². The van der Waals surface area contributed by atoms with Gasteiger partial charge in [-0.1, -0.05) is 71.3 Å². The summed E-state index contributed by atoms with van der Waals surface area (Å²) in [5, 5.41) is 0. The van der Waals surface area contributed by atoms with Gasteiger partial charge in [0.2, 0.25) is 0 Å². The molecular weight excluding hydrogens is 544 g/mol. The second kappa shape index (κ2) is 14.1. The van der Waals surface area contributed by atoms with Crippen LogP contribution in [0.25, 0.3) is 0 Å². The van der Waals surface area contributed by atoms with E-state index in [1.807, 2.05) is 0 Å². The van der Waals surface area contributed by atoms with E-state index < -0.39 is 0 Å². The Morgan fingerprint density at radius 2 is 1.04 bits per heavy atom. The second-order valence-corrected chi connectivity index (χ2v) is 11.9. The molecule has 0 amide bonds. The van der Waals surface area contributed by atoms with Crippen molar-refractivity contribution in [3.63, 3.8) is 0 Å². The van der Waals surface area contributed by atoms with Gasteiger partial charge in [0.05, 0.1) is 0 Å². The molecule has 4 rings (SSSR count). The Bertz CT molecular complexity index is 474. The Labute approximate surface area is 190 Å². The first kappa shape index (κ1) is 24.3. The first-order valence-corrected chi connectivity index (χ1v) is 13.1. The van der Waals surface area contributed by atoms with Gasteiger partial charge in [-0.2, -0.15) is 30.3 Å². The maximum absolute atomic E-state index is 9.99. The molecule has 0 aliphatic heterocycles. The molecular formula is C25H38AuOP. The van der Waals surface area contributed by atoms with Crippen LogP contribution in [0, 0.1) is 6.07 Å². The van der Waals surface area contributed by atoms with Crippen LogP contribution in [0.3, 0.4) is 0 Å². The molecule has 28 heavy (non-hydrogen) atoms. The summed E-state index contributed by atoms with van der Waals surface area (Å²) in [5.74, 6) is 0. The summed E-state index contributed by atoms with van der Waals surface area (Å²) in [4.78, 5) is 9.99. The van der Waals surface area contributed by atoms with Crippen LogP contribution in [0.4, 0.5) is 0 Å². The summed E-state index contributed by atoms with van der Waals surface area (Å²) in [6.07, 6.45) is 24.4. The van der Waals surface area contributed by atoms with Gasteiger partial charge in [-0.05, 0) is 55.5 Å². The number of rotatable bonds is 4. The average Bonchev–Trinajstić information content (AvgIpc) is 2.77. The molecule has 1 nitrogen and oxygen atoms in total. The number of carbonyl (C=O) groups excluding carboxylic acids is 1. The molecule has 0 atom stereocenters. The molecule has 1 aromatic carbocycles. The zero-order valence-electron chi connectivity index (χ0n) is 17.4. The summed E-state index contributed by atoms with van der Waals surface area (Å²) in [6.45, 7) is 0. The number of carbonyl (C=O) groups is 1. The average molecular weight is 583 g/mol. The van der Waals surface area contributed by atoms with Gasteiger partial charge in [-0.3, -0.25) is 0 Å². The zero-order chi connectivity index (χ0) is 18.7. The molecule has 3 saturated carbocycles. The van der Waals surface area contributed by atoms with Gasteiger partial charge in [0.15, 0.2) is 0 Å². The third-order valence-electron chi connectivity index (χ3n) is 6.87. The predicted molar refractivity (Wildman–Crippen MR) is 118 cm³/mol. The van der Waals surface area contributed by atoms with Crippen molar-refractivity contribution in [3.8, 4) is 0 Å². The predicted octanol–water partition coefficient (Wildman–Crippen LogP) is 7.76. The van der Waals surface area contributed by atoms with Crippen LogP contribution in [-0.2, 0) is 22.4 Å². The standard InChI is InChI=1S/C18H33P.C7H5O.Au/c1-4-10-16(11-5-1)19(17-12-6-2-7-13-17)18-14-8-3-9-15-18;8-6-7-4-2-1-3-5-7;/h16-18H,1-15H2;2-6H;/q;-1;+1. The van der Waals surface area contributed by atoms with Gasteiger partial charge in [0.25, 0.3) is 0 Å². The number of benzene rings is 1. The Hall–Kier alpha value is 0.0603. The van der Waals surface area contributed by atoms with Crippen molar-refractivity contribution in [2.45, 2.75) is 113 Å². The van der Waals surface area contributed by atoms with Crippen LogP contribution in [0.1, 0.15) is 107 Å². The van der Waals surface area contributed by atoms with Crippen molar-refractivity contribution in [2.24, 2.45) is 0 Å². The summed E-state index contributed by atoms with van der Waals surface area (Å²) in [6, 6.07) is 9.66. The fraction of sp³-hybridized carbons (Fsp3) is 0.720. The molecule has 160 valence electrons. The van der Waals surface area contributed by atoms with Crippen molar-refractivity contribution < 1.29 is 27.2 Å². The summed E-state index contributed by atoms with van der Waals surface area (Å²) in [7, 11) is 0.385. The van der Waals surface area contributed by atoms with E-state index in [4.69, 9.17) is 0 Å². The normalized spacial score (nSPS) is 22.0. The van der Waals surface area contributed by atoms with E-state index in [1.165, 1.54) is 36.2 Å². The molecule has 0 unspecified atom stereocenters. The number of hydrogen-bond donors (Lipinski definition) is 0. The first-order chi connectivity index (χ1) is 13.4. The quantitative estimate of drug-likeness (QED) is 0.154. The van der Waals surface area contributed by atoms with Gasteiger partial charge in [-0.25, -0.2) is 0 Å². The molecule has 0 bridgehead atoms. The van der Waals surface area contributed by atoms with E-state index in [-0.39, 0.29) is 22.4 Å². The van der Waals surface area contributed by atoms with Crippen molar-refractivity contribution in [1.29, 1.82) is 0 Å². The van der Waals surface area contributed by atoms with Crippen LogP contribution in [-0.4, -0.2) is 23.3 Å². The molecule has 0 radical (unpaired) electrons. The first-order valence-electron chi connectivity index (χ1n) is 11.6. The Balaban J connectivity index is 0.000000264. The maximum Gasteiger partial charge on any atom is 1.00 e. The molecule has 0 spiro atoms. The van der Waals surface area contributed by atoms with Crippen LogP contribution in [0.15, 0.2) is 24.3 Å². The summed E-state index contributed by atoms with van der Waals surface area (Å²) < 4.78 is 0. The minimum Gasteiger partial charge on any atom is -0.300 e. The molecule has 3 fully saturated rings. The summed E-state index contributed by atoms with van der Waals surface area (Å²) >= 11 is 0. The maximum atomic E-state index is 9.99. The molecule has 0 heterocycles. The van der Waals surface area contributed by atoms with Crippen LogP contribution in [0.2, 0.25) is 0 Å². The van der Waals surface area contributed by atoms with E-state index in [2.05, 4.69) is 6.07 Å². The largest absolute Gasteiger partial charge is 1.00 e. The molecule has 3 aliphatic rings. The summed E-state index contributed by atoms with van der Waals surface area (Å²) in [5.41, 5.74) is 4.27. The van der Waals surface area contributed by atoms with Gasteiger partial charge in [0.1, 0.15) is 6.29 Å². The molecule has 0 saturated heterocycles. The van der Waals surface area contributed by atoms with Crippen molar-refractivity contribution >= 4 is 14.2 Å². The molecule has 0 aromatic heterocycles. The smallest absolute Gasteiger partial charge is 0.300 e. The van der Waals surface area contributed by atoms with Gasteiger partial charge < -0.3 is 4.79 Å². The van der Waals surface area contributed by atoms with Crippen molar-refractivity contribution in [3.05, 3.63) is 35.9 Å². The molecule has 3 aliphatic carbocycles. The second-order valence-electron chi connectivity index (χ2n) is 8.77. The number of aldehydes is 1. The molecule has 1 aromatic rings. The monoisotopic (exact) mass is 582 g/mol. The topological polar surface area (TPSA) is 17.1 Å². The van der Waals surface area contributed by atoms with Crippen molar-refractivity contribution in [2.75, 3.05) is 0 Å². The Morgan fingerprint density at radius 3 is 1.32 bits per heavy atom. The Morgan fingerprint density at radius 1 is 0.679 bits per heavy atom. The Kier molecular flexibility index (Phi) is 12.3. The number of hydrogen-bond acceptors (Lipinski definition) is 1. The SMILES string of the molecule is C1CCC(P(C2CCCCC2)C2CCCCC2)CC1.O=Cc1cc[c-]cc1.[Au+]. The zero-order valence-corrected chi connectivity index (χ0v) is 20.4. The van der Waals surface area contributed by atoms with Crippen LogP contribution >= 0.6 is 7.92 Å². The van der Waals surface area contributed by atoms with Gasteiger partial charge >= 0.3 is 22.4 Å². The molecule has 0 N–H and O–H groups in total. The van der Waals surface area contributed by atoms with Gasteiger partial charge in [-0.15, -0.1) is 0 Å². The van der Waals surface area contributed by atoms with Gasteiger partial charge in [0, 0.05) is 0 Å². The van der Waals surface area contributed by atoms with Crippen LogP contribution in [0.5, 0.6) is 0 Å². The van der Waals surface area contributed by atoms with E-state index in [0.717, 1.165) is 6.29 Å². The fourth-order valence-corrected chi connectivity index (χ4v) is 10.2.